The van der Waals surface area contributed by atoms with Crippen LogP contribution in [0.3, 0.4) is 0 Å². The van der Waals surface area contributed by atoms with Gasteiger partial charge in [-0.15, -0.1) is 0 Å². The molecule has 2 amide bonds. The van der Waals surface area contributed by atoms with Crippen LogP contribution in [0.25, 0.3) is 6.08 Å². The van der Waals surface area contributed by atoms with Crippen LogP contribution >= 0.6 is 0 Å². The van der Waals surface area contributed by atoms with E-state index in [0.29, 0.717) is 18.2 Å². The number of nitrogens with one attached hydrogen (secondary N) is 2. The highest BCUT2D eigenvalue weighted by Gasteiger charge is 2.12. The van der Waals surface area contributed by atoms with E-state index in [2.05, 4.69) is 24.5 Å². The molecule has 0 radical (unpaired) electrons. The average Bonchev–Trinajstić information content (AvgIpc) is 2.62. The van der Waals surface area contributed by atoms with Crippen molar-refractivity contribution >= 4 is 23.6 Å². The molecular weight excluding hydrogens is 340 g/mol. The van der Waals surface area contributed by atoms with Gasteiger partial charge in [0.1, 0.15) is 11.4 Å². The van der Waals surface area contributed by atoms with E-state index in [1.54, 1.807) is 30.3 Å². The topological polar surface area (TPSA) is 67.4 Å². The second kappa shape index (κ2) is 9.57. The van der Waals surface area contributed by atoms with Gasteiger partial charge in [0, 0.05) is 12.6 Å². The molecule has 2 N–H and O–H groups in total. The van der Waals surface area contributed by atoms with Gasteiger partial charge in [-0.2, -0.15) is 0 Å². The molecule has 0 atom stereocenters. The van der Waals surface area contributed by atoms with Gasteiger partial charge in [-0.25, -0.2) is 0 Å². The summed E-state index contributed by atoms with van der Waals surface area (Å²) in [7, 11) is 0. The lowest BCUT2D eigenvalue weighted by molar-refractivity contribution is -0.120. The summed E-state index contributed by atoms with van der Waals surface area (Å²) >= 11 is 0. The number of amides is 2. The molecule has 5 heteroatoms. The van der Waals surface area contributed by atoms with Gasteiger partial charge >= 0.3 is 0 Å². The Morgan fingerprint density at radius 3 is 2.33 bits per heavy atom. The first kappa shape index (κ1) is 20.2. The molecule has 2 rings (SSSR count). The van der Waals surface area contributed by atoms with E-state index < -0.39 is 0 Å². The van der Waals surface area contributed by atoms with Crippen molar-refractivity contribution in [3.05, 3.63) is 65.4 Å². The maximum atomic E-state index is 12.6. The molecule has 0 bridgehead atoms. The van der Waals surface area contributed by atoms with E-state index in [1.165, 1.54) is 6.92 Å². The summed E-state index contributed by atoms with van der Waals surface area (Å²) in [4.78, 5) is 24.1. The van der Waals surface area contributed by atoms with E-state index in [0.717, 1.165) is 16.9 Å². The Bertz CT molecular complexity index is 824. The predicted molar refractivity (Wildman–Crippen MR) is 108 cm³/mol. The highest BCUT2D eigenvalue weighted by molar-refractivity contribution is 6.08. The van der Waals surface area contributed by atoms with Crippen LogP contribution in [0.15, 0.2) is 54.2 Å². The second-order valence-electron chi connectivity index (χ2n) is 6.78. The van der Waals surface area contributed by atoms with Crippen LogP contribution in [-0.4, -0.2) is 18.4 Å². The quantitative estimate of drug-likeness (QED) is 0.724. The molecule has 2 aromatic carbocycles. The molecule has 0 heterocycles. The number of hydrogen-bond acceptors (Lipinski definition) is 3. The van der Waals surface area contributed by atoms with Crippen LogP contribution in [0.5, 0.6) is 5.75 Å². The van der Waals surface area contributed by atoms with Gasteiger partial charge in [0.05, 0.1) is 6.61 Å². The Hall–Kier alpha value is -3.08. The first-order chi connectivity index (χ1) is 12.8. The van der Waals surface area contributed by atoms with Gasteiger partial charge in [0.25, 0.3) is 5.91 Å². The molecule has 0 fully saturated rings. The zero-order valence-corrected chi connectivity index (χ0v) is 16.2. The Labute approximate surface area is 160 Å². The van der Waals surface area contributed by atoms with E-state index in [-0.39, 0.29) is 17.5 Å². The van der Waals surface area contributed by atoms with Crippen molar-refractivity contribution in [3.8, 4) is 5.75 Å². The van der Waals surface area contributed by atoms with Crippen molar-refractivity contribution in [2.45, 2.75) is 27.7 Å². The van der Waals surface area contributed by atoms with Gasteiger partial charge < -0.3 is 15.4 Å². The number of anilines is 1. The molecule has 0 unspecified atom stereocenters. The molecule has 0 aliphatic carbocycles. The number of benzene rings is 2. The molecule has 27 heavy (non-hydrogen) atoms. The molecule has 142 valence electrons. The highest BCUT2D eigenvalue weighted by Crippen LogP contribution is 2.18. The highest BCUT2D eigenvalue weighted by atomic mass is 16.5. The Morgan fingerprint density at radius 2 is 1.74 bits per heavy atom. The van der Waals surface area contributed by atoms with Crippen LogP contribution in [0.2, 0.25) is 0 Å². The Balaban J connectivity index is 2.14. The van der Waals surface area contributed by atoms with Gasteiger partial charge in [0.15, 0.2) is 0 Å². The fourth-order valence-electron chi connectivity index (χ4n) is 2.35. The Kier molecular flexibility index (Phi) is 7.17. The van der Waals surface area contributed by atoms with Crippen molar-refractivity contribution in [1.82, 2.24) is 5.32 Å². The zero-order chi connectivity index (χ0) is 19.8. The molecular formula is C22H26N2O3. The number of ether oxygens (including phenoxy) is 1. The molecule has 0 aromatic heterocycles. The number of carbonyl (C=O) groups is 2. The minimum absolute atomic E-state index is 0.192. The predicted octanol–water partition coefficient (Wildman–Crippen LogP) is 4.15. The largest absolute Gasteiger partial charge is 0.493 e. The summed E-state index contributed by atoms with van der Waals surface area (Å²) in [6.45, 7) is 8.13. The average molecular weight is 366 g/mol. The number of hydrogen-bond donors (Lipinski definition) is 2. The summed E-state index contributed by atoms with van der Waals surface area (Å²) in [6.07, 6.45) is 1.67. The molecule has 0 saturated carbocycles. The Morgan fingerprint density at radius 1 is 1.07 bits per heavy atom. The molecule has 0 aliphatic rings. The second-order valence-corrected chi connectivity index (χ2v) is 6.78. The maximum Gasteiger partial charge on any atom is 0.272 e. The smallest absolute Gasteiger partial charge is 0.272 e. The standard InChI is InChI=1S/C22H26N2O3/c1-15(2)14-27-20-11-9-19(10-12-20)24-22(26)21(23-17(4)25)13-18-8-6-5-7-16(18)3/h5-13,15H,14H2,1-4H3,(H,23,25)(H,24,26)/b21-13+. The monoisotopic (exact) mass is 366 g/mol. The van der Waals surface area contributed by atoms with Crippen LogP contribution in [-0.2, 0) is 9.59 Å². The minimum atomic E-state index is -0.385. The summed E-state index contributed by atoms with van der Waals surface area (Å²) in [5.74, 6) is 0.502. The third kappa shape index (κ3) is 6.62. The molecule has 0 aliphatic heterocycles. The van der Waals surface area contributed by atoms with Crippen LogP contribution < -0.4 is 15.4 Å². The number of rotatable bonds is 7. The summed E-state index contributed by atoms with van der Waals surface area (Å²) in [5, 5.41) is 5.41. The third-order valence-electron chi connectivity index (χ3n) is 3.74. The number of aryl methyl sites for hydroxylation is 1. The van der Waals surface area contributed by atoms with Gasteiger partial charge in [-0.3, -0.25) is 9.59 Å². The lowest BCUT2D eigenvalue weighted by atomic mass is 10.1. The SMILES string of the molecule is CC(=O)N/C(=C/c1ccccc1C)C(=O)Nc1ccc(OCC(C)C)cc1. The molecule has 5 nitrogen and oxygen atoms in total. The first-order valence-corrected chi connectivity index (χ1v) is 8.94. The molecule has 2 aromatic rings. The van der Waals surface area contributed by atoms with Crippen LogP contribution in [0, 0.1) is 12.8 Å². The van der Waals surface area contributed by atoms with Crippen LogP contribution in [0.4, 0.5) is 5.69 Å². The molecule has 0 saturated heterocycles. The molecule has 0 spiro atoms. The number of carbonyl (C=O) groups excluding carboxylic acids is 2. The summed E-state index contributed by atoms with van der Waals surface area (Å²) in [6, 6.07) is 14.8. The normalized spacial score (nSPS) is 11.2. The third-order valence-corrected chi connectivity index (χ3v) is 3.74. The summed E-state index contributed by atoms with van der Waals surface area (Å²) in [5.41, 5.74) is 2.70. The van der Waals surface area contributed by atoms with E-state index >= 15 is 0 Å². The first-order valence-electron chi connectivity index (χ1n) is 8.94. The fourth-order valence-corrected chi connectivity index (χ4v) is 2.35. The van der Waals surface area contributed by atoms with Crippen molar-refractivity contribution in [3.63, 3.8) is 0 Å². The van der Waals surface area contributed by atoms with Crippen molar-refractivity contribution in [2.75, 3.05) is 11.9 Å². The van der Waals surface area contributed by atoms with Gasteiger partial charge in [-0.1, -0.05) is 38.1 Å². The lowest BCUT2D eigenvalue weighted by Crippen LogP contribution is -2.29. The zero-order valence-electron chi connectivity index (χ0n) is 16.2. The van der Waals surface area contributed by atoms with E-state index in [1.807, 2.05) is 31.2 Å². The van der Waals surface area contributed by atoms with Crippen molar-refractivity contribution < 1.29 is 14.3 Å². The van der Waals surface area contributed by atoms with E-state index in [9.17, 15) is 9.59 Å². The lowest BCUT2D eigenvalue weighted by Gasteiger charge is -2.12. The van der Waals surface area contributed by atoms with Gasteiger partial charge in [-0.05, 0) is 54.3 Å². The van der Waals surface area contributed by atoms with Crippen molar-refractivity contribution in [1.29, 1.82) is 0 Å². The fraction of sp³-hybridized carbons (Fsp3) is 0.273. The summed E-state index contributed by atoms with van der Waals surface area (Å²) < 4.78 is 5.64. The minimum Gasteiger partial charge on any atom is -0.493 e. The van der Waals surface area contributed by atoms with Gasteiger partial charge in [0.2, 0.25) is 5.91 Å². The van der Waals surface area contributed by atoms with E-state index in [4.69, 9.17) is 4.74 Å². The maximum absolute atomic E-state index is 12.6. The van der Waals surface area contributed by atoms with Crippen LogP contribution in [0.1, 0.15) is 31.9 Å². The van der Waals surface area contributed by atoms with Crippen molar-refractivity contribution in [2.24, 2.45) is 5.92 Å².